The van der Waals surface area contributed by atoms with Crippen molar-refractivity contribution in [2.75, 3.05) is 6.54 Å². The van der Waals surface area contributed by atoms with Gasteiger partial charge in [0.05, 0.1) is 0 Å². The van der Waals surface area contributed by atoms with Crippen molar-refractivity contribution in [3.63, 3.8) is 0 Å². The second-order valence-electron chi connectivity index (χ2n) is 3.97. The van der Waals surface area contributed by atoms with Crippen molar-refractivity contribution in [2.24, 2.45) is 0 Å². The molecular weight excluding hydrogens is 190 g/mol. The van der Waals surface area contributed by atoms with E-state index in [1.165, 1.54) is 0 Å². The Hall–Kier alpha value is -1.35. The molecule has 0 aromatic heterocycles. The Morgan fingerprint density at radius 2 is 2.13 bits per heavy atom. The first-order chi connectivity index (χ1) is 7.25. The third-order valence-corrected chi connectivity index (χ3v) is 2.78. The van der Waals surface area contributed by atoms with Crippen molar-refractivity contribution in [3.05, 3.63) is 29.8 Å². The molecule has 1 heterocycles. The first kappa shape index (κ1) is 10.2. The number of Topliss-reactive ketones (excluding diaryl/α,β-unsaturated/α-hetero) is 1. The Bertz CT molecular complexity index is 339. The number of carbonyl (C=O) groups is 1. The van der Waals surface area contributed by atoms with Crippen LogP contribution in [-0.4, -0.2) is 23.5 Å². The van der Waals surface area contributed by atoms with Crippen LogP contribution in [-0.2, 0) is 0 Å². The van der Waals surface area contributed by atoms with Gasteiger partial charge < -0.3 is 10.4 Å². The van der Waals surface area contributed by atoms with Gasteiger partial charge in [-0.05, 0) is 43.7 Å². The van der Waals surface area contributed by atoms with Crippen LogP contribution in [0.15, 0.2) is 24.3 Å². The van der Waals surface area contributed by atoms with E-state index in [4.69, 9.17) is 5.11 Å². The summed E-state index contributed by atoms with van der Waals surface area (Å²) in [5.74, 6) is 0.347. The highest BCUT2D eigenvalue weighted by Crippen LogP contribution is 2.15. The summed E-state index contributed by atoms with van der Waals surface area (Å²) in [6.07, 6.45) is 2.81. The fraction of sp³-hybridized carbons (Fsp3) is 0.417. The SMILES string of the molecule is O=C(C[C@@H]1CCCN1)c1ccc(O)cc1. The van der Waals surface area contributed by atoms with Gasteiger partial charge in [-0.1, -0.05) is 0 Å². The smallest absolute Gasteiger partial charge is 0.164 e. The van der Waals surface area contributed by atoms with Gasteiger partial charge in [-0.2, -0.15) is 0 Å². The highest BCUT2D eigenvalue weighted by Gasteiger charge is 2.18. The quantitative estimate of drug-likeness (QED) is 0.739. The molecule has 0 radical (unpaired) electrons. The molecular formula is C12H15NO2. The average molecular weight is 205 g/mol. The van der Waals surface area contributed by atoms with Gasteiger partial charge in [-0.25, -0.2) is 0 Å². The lowest BCUT2D eigenvalue weighted by atomic mass is 10.0. The monoisotopic (exact) mass is 205 g/mol. The molecule has 15 heavy (non-hydrogen) atoms. The number of aromatic hydroxyl groups is 1. The second kappa shape index (κ2) is 4.45. The molecule has 2 rings (SSSR count). The zero-order valence-electron chi connectivity index (χ0n) is 8.57. The third kappa shape index (κ3) is 2.57. The fourth-order valence-electron chi connectivity index (χ4n) is 1.92. The Morgan fingerprint density at radius 1 is 1.40 bits per heavy atom. The zero-order chi connectivity index (χ0) is 10.7. The van der Waals surface area contributed by atoms with Crippen molar-refractivity contribution in [1.29, 1.82) is 0 Å². The Balaban J connectivity index is 1.98. The van der Waals surface area contributed by atoms with E-state index in [1.54, 1.807) is 24.3 Å². The number of carbonyl (C=O) groups excluding carboxylic acids is 1. The van der Waals surface area contributed by atoms with Crippen LogP contribution < -0.4 is 5.32 Å². The Morgan fingerprint density at radius 3 is 2.73 bits per heavy atom. The molecule has 1 aromatic carbocycles. The minimum Gasteiger partial charge on any atom is -0.508 e. The van der Waals surface area contributed by atoms with Crippen LogP contribution >= 0.6 is 0 Å². The van der Waals surface area contributed by atoms with E-state index in [-0.39, 0.29) is 11.5 Å². The van der Waals surface area contributed by atoms with E-state index in [9.17, 15) is 4.79 Å². The molecule has 0 aliphatic carbocycles. The molecule has 0 saturated carbocycles. The Labute approximate surface area is 89.1 Å². The minimum absolute atomic E-state index is 0.148. The molecule has 0 amide bonds. The number of phenolic OH excluding ortho intramolecular Hbond substituents is 1. The van der Waals surface area contributed by atoms with E-state index in [1.807, 2.05) is 0 Å². The van der Waals surface area contributed by atoms with E-state index in [0.29, 0.717) is 18.0 Å². The average Bonchev–Trinajstić information content (AvgIpc) is 2.71. The first-order valence-electron chi connectivity index (χ1n) is 5.31. The number of hydrogen-bond donors (Lipinski definition) is 2. The summed E-state index contributed by atoms with van der Waals surface area (Å²) >= 11 is 0. The molecule has 0 bridgehead atoms. The molecule has 80 valence electrons. The van der Waals surface area contributed by atoms with E-state index >= 15 is 0 Å². The maximum atomic E-state index is 11.8. The topological polar surface area (TPSA) is 49.3 Å². The second-order valence-corrected chi connectivity index (χ2v) is 3.97. The van der Waals surface area contributed by atoms with Crippen LogP contribution in [0.25, 0.3) is 0 Å². The van der Waals surface area contributed by atoms with Gasteiger partial charge in [0.15, 0.2) is 5.78 Å². The molecule has 1 aliphatic rings. The van der Waals surface area contributed by atoms with E-state index in [2.05, 4.69) is 5.32 Å². The molecule has 1 aliphatic heterocycles. The number of hydrogen-bond acceptors (Lipinski definition) is 3. The van der Waals surface area contributed by atoms with Crippen molar-refractivity contribution in [1.82, 2.24) is 5.32 Å². The summed E-state index contributed by atoms with van der Waals surface area (Å²) in [6.45, 7) is 1.02. The van der Waals surface area contributed by atoms with Crippen LogP contribution in [0.4, 0.5) is 0 Å². The molecule has 3 nitrogen and oxygen atoms in total. The largest absolute Gasteiger partial charge is 0.508 e. The predicted octanol–water partition coefficient (Wildman–Crippen LogP) is 1.72. The number of phenols is 1. The van der Waals surface area contributed by atoms with Crippen LogP contribution in [0.1, 0.15) is 29.6 Å². The molecule has 1 atom stereocenters. The van der Waals surface area contributed by atoms with Gasteiger partial charge in [0.1, 0.15) is 5.75 Å². The molecule has 0 unspecified atom stereocenters. The lowest BCUT2D eigenvalue weighted by molar-refractivity contribution is 0.0971. The van der Waals surface area contributed by atoms with Crippen LogP contribution in [0, 0.1) is 0 Å². The number of ketones is 1. The highest BCUT2D eigenvalue weighted by molar-refractivity contribution is 5.96. The summed E-state index contributed by atoms with van der Waals surface area (Å²) < 4.78 is 0. The number of benzene rings is 1. The summed E-state index contributed by atoms with van der Waals surface area (Å²) in [6, 6.07) is 6.79. The third-order valence-electron chi connectivity index (χ3n) is 2.78. The number of rotatable bonds is 3. The molecule has 1 fully saturated rings. The summed E-state index contributed by atoms with van der Waals surface area (Å²) in [5.41, 5.74) is 0.682. The van der Waals surface area contributed by atoms with Crippen molar-refractivity contribution in [3.8, 4) is 5.75 Å². The highest BCUT2D eigenvalue weighted by atomic mass is 16.3. The molecule has 0 spiro atoms. The van der Waals surface area contributed by atoms with Gasteiger partial charge in [0, 0.05) is 18.0 Å². The van der Waals surface area contributed by atoms with Crippen molar-refractivity contribution < 1.29 is 9.90 Å². The lowest BCUT2D eigenvalue weighted by Crippen LogP contribution is -2.24. The Kier molecular flexibility index (Phi) is 3.02. The summed E-state index contributed by atoms with van der Waals surface area (Å²) in [7, 11) is 0. The molecule has 3 heteroatoms. The van der Waals surface area contributed by atoms with Gasteiger partial charge in [0.2, 0.25) is 0 Å². The van der Waals surface area contributed by atoms with Crippen LogP contribution in [0.5, 0.6) is 5.75 Å². The molecule has 1 aromatic rings. The predicted molar refractivity (Wildman–Crippen MR) is 58.1 cm³/mol. The molecule has 1 saturated heterocycles. The first-order valence-corrected chi connectivity index (χ1v) is 5.31. The summed E-state index contributed by atoms with van der Waals surface area (Å²) in [5, 5.41) is 12.4. The van der Waals surface area contributed by atoms with Gasteiger partial charge in [-0.15, -0.1) is 0 Å². The van der Waals surface area contributed by atoms with E-state index in [0.717, 1.165) is 19.4 Å². The summed E-state index contributed by atoms with van der Waals surface area (Å²) in [4.78, 5) is 11.8. The van der Waals surface area contributed by atoms with Crippen molar-refractivity contribution in [2.45, 2.75) is 25.3 Å². The fourth-order valence-corrected chi connectivity index (χ4v) is 1.92. The number of nitrogens with one attached hydrogen (secondary N) is 1. The minimum atomic E-state index is 0.148. The van der Waals surface area contributed by atoms with E-state index < -0.39 is 0 Å². The van der Waals surface area contributed by atoms with Crippen LogP contribution in [0.2, 0.25) is 0 Å². The normalized spacial score (nSPS) is 20.4. The van der Waals surface area contributed by atoms with Crippen LogP contribution in [0.3, 0.4) is 0 Å². The van der Waals surface area contributed by atoms with Gasteiger partial charge >= 0.3 is 0 Å². The van der Waals surface area contributed by atoms with Gasteiger partial charge in [0.25, 0.3) is 0 Å². The lowest BCUT2D eigenvalue weighted by Gasteiger charge is -2.08. The maximum absolute atomic E-state index is 11.8. The standard InChI is InChI=1S/C12H15NO2/c14-11-5-3-9(4-6-11)12(15)8-10-2-1-7-13-10/h3-6,10,13-14H,1-2,7-8H2/t10-/m0/s1. The molecule has 2 N–H and O–H groups in total. The van der Waals surface area contributed by atoms with Gasteiger partial charge in [-0.3, -0.25) is 4.79 Å². The zero-order valence-corrected chi connectivity index (χ0v) is 8.57. The maximum Gasteiger partial charge on any atom is 0.164 e. The van der Waals surface area contributed by atoms with Crippen molar-refractivity contribution >= 4 is 5.78 Å².